The summed E-state index contributed by atoms with van der Waals surface area (Å²) in [6.45, 7) is 6.53. The van der Waals surface area contributed by atoms with Crippen LogP contribution in [0.15, 0.2) is 59.2 Å². The van der Waals surface area contributed by atoms with Crippen molar-refractivity contribution >= 4 is 40.5 Å². The molecule has 4 rings (SSSR count). The van der Waals surface area contributed by atoms with Gasteiger partial charge in [-0.3, -0.25) is 14.5 Å². The zero-order chi connectivity index (χ0) is 24.8. The summed E-state index contributed by atoms with van der Waals surface area (Å²) in [4.78, 5) is 32.9. The number of carbonyl (C=O) groups is 2. The fourth-order valence-corrected chi connectivity index (χ4v) is 5.34. The van der Waals surface area contributed by atoms with Gasteiger partial charge in [0.15, 0.2) is 5.17 Å². The Bertz CT molecular complexity index is 1100. The lowest BCUT2D eigenvalue weighted by Gasteiger charge is -2.22. The van der Waals surface area contributed by atoms with Crippen molar-refractivity contribution in [3.8, 4) is 5.75 Å². The zero-order valence-electron chi connectivity index (χ0n) is 20.6. The number of rotatable bonds is 8. The summed E-state index contributed by atoms with van der Waals surface area (Å²) >= 11 is 1.35. The SMILES string of the molecule is CCOc1ccc(N2C(=O)/C(=C/c3ccc(C)cc3)N=C2SC(CC)C(=O)NC2CCCC2)cc1. The highest BCUT2D eigenvalue weighted by molar-refractivity contribution is 8.15. The lowest BCUT2D eigenvalue weighted by atomic mass is 10.1. The highest BCUT2D eigenvalue weighted by atomic mass is 32.2. The van der Waals surface area contributed by atoms with Crippen LogP contribution in [-0.4, -0.2) is 34.9 Å². The van der Waals surface area contributed by atoms with Gasteiger partial charge in [0.2, 0.25) is 5.91 Å². The van der Waals surface area contributed by atoms with Crippen LogP contribution in [-0.2, 0) is 9.59 Å². The van der Waals surface area contributed by atoms with Gasteiger partial charge in [-0.2, -0.15) is 0 Å². The molecule has 2 aromatic carbocycles. The second-order valence-electron chi connectivity index (χ2n) is 8.91. The van der Waals surface area contributed by atoms with Crippen LogP contribution < -0.4 is 15.0 Å². The number of ether oxygens (including phenoxy) is 1. The third kappa shape index (κ3) is 6.14. The molecule has 2 aliphatic rings. The standard InChI is InChI=1S/C28H33N3O3S/c1-4-25(26(32)29-21-8-6-7-9-21)35-28-30-24(18-20-12-10-19(3)11-13-20)27(33)31(28)22-14-16-23(17-15-22)34-5-2/h10-18,21,25H,4-9H2,1-3H3,(H,29,32)/b24-18-. The average Bonchev–Trinajstić information content (AvgIpc) is 3.47. The van der Waals surface area contributed by atoms with E-state index in [-0.39, 0.29) is 23.1 Å². The van der Waals surface area contributed by atoms with E-state index in [2.05, 4.69) is 5.32 Å². The summed E-state index contributed by atoms with van der Waals surface area (Å²) in [6, 6.07) is 15.6. The van der Waals surface area contributed by atoms with E-state index in [9.17, 15) is 9.59 Å². The van der Waals surface area contributed by atoms with Crippen LogP contribution in [0.2, 0.25) is 0 Å². The molecule has 1 aliphatic carbocycles. The number of anilines is 1. The molecule has 0 saturated heterocycles. The Morgan fingerprint density at radius 1 is 1.14 bits per heavy atom. The number of amides is 2. The third-order valence-corrected chi connectivity index (χ3v) is 7.55. The number of nitrogens with zero attached hydrogens (tertiary/aromatic N) is 2. The summed E-state index contributed by atoms with van der Waals surface area (Å²) in [6.07, 6.45) is 6.84. The fourth-order valence-electron chi connectivity index (χ4n) is 4.30. The fraction of sp³-hybridized carbons (Fsp3) is 0.393. The molecule has 1 saturated carbocycles. The Morgan fingerprint density at radius 3 is 2.46 bits per heavy atom. The van der Waals surface area contributed by atoms with Gasteiger partial charge < -0.3 is 10.1 Å². The summed E-state index contributed by atoms with van der Waals surface area (Å²) in [7, 11) is 0. The van der Waals surface area contributed by atoms with E-state index < -0.39 is 0 Å². The van der Waals surface area contributed by atoms with Crippen LogP contribution in [0, 0.1) is 6.92 Å². The molecule has 1 atom stereocenters. The van der Waals surface area contributed by atoms with E-state index in [0.717, 1.165) is 42.6 Å². The molecule has 0 bridgehead atoms. The first-order valence-corrected chi connectivity index (χ1v) is 13.3. The van der Waals surface area contributed by atoms with Crippen molar-refractivity contribution < 1.29 is 14.3 Å². The molecule has 7 heteroatoms. The van der Waals surface area contributed by atoms with Gasteiger partial charge in [-0.15, -0.1) is 0 Å². The molecule has 35 heavy (non-hydrogen) atoms. The van der Waals surface area contributed by atoms with Gasteiger partial charge >= 0.3 is 0 Å². The Labute approximate surface area is 211 Å². The van der Waals surface area contributed by atoms with Gasteiger partial charge in [0.25, 0.3) is 5.91 Å². The van der Waals surface area contributed by atoms with Gasteiger partial charge in [0.1, 0.15) is 11.4 Å². The van der Waals surface area contributed by atoms with Gasteiger partial charge in [-0.25, -0.2) is 4.99 Å². The summed E-state index contributed by atoms with van der Waals surface area (Å²) in [5.74, 6) is 0.553. The summed E-state index contributed by atoms with van der Waals surface area (Å²) in [5.41, 5.74) is 3.12. The Morgan fingerprint density at radius 2 is 1.83 bits per heavy atom. The number of aryl methyl sites for hydroxylation is 1. The average molecular weight is 492 g/mol. The zero-order valence-corrected chi connectivity index (χ0v) is 21.4. The van der Waals surface area contributed by atoms with Crippen molar-refractivity contribution in [1.82, 2.24) is 5.32 Å². The van der Waals surface area contributed by atoms with Crippen molar-refractivity contribution in [1.29, 1.82) is 0 Å². The first-order valence-electron chi connectivity index (χ1n) is 12.4. The molecule has 184 valence electrons. The highest BCUT2D eigenvalue weighted by Gasteiger charge is 2.35. The van der Waals surface area contributed by atoms with Gasteiger partial charge in [0.05, 0.1) is 17.5 Å². The number of aliphatic imine (C=N–C) groups is 1. The van der Waals surface area contributed by atoms with E-state index in [0.29, 0.717) is 29.6 Å². The summed E-state index contributed by atoms with van der Waals surface area (Å²) < 4.78 is 5.56. The van der Waals surface area contributed by atoms with Gasteiger partial charge in [-0.05, 0) is 69.0 Å². The molecular formula is C28H33N3O3S. The largest absolute Gasteiger partial charge is 0.494 e. The van der Waals surface area contributed by atoms with E-state index >= 15 is 0 Å². The molecule has 6 nitrogen and oxygen atoms in total. The highest BCUT2D eigenvalue weighted by Crippen LogP contribution is 2.33. The van der Waals surface area contributed by atoms with Crippen LogP contribution in [0.4, 0.5) is 5.69 Å². The smallest absolute Gasteiger partial charge is 0.283 e. The number of benzene rings is 2. The van der Waals surface area contributed by atoms with Crippen molar-refractivity contribution in [2.24, 2.45) is 4.99 Å². The van der Waals surface area contributed by atoms with E-state index in [4.69, 9.17) is 9.73 Å². The predicted octanol–water partition coefficient (Wildman–Crippen LogP) is 5.71. The maximum atomic E-state index is 13.5. The topological polar surface area (TPSA) is 71.0 Å². The van der Waals surface area contributed by atoms with Crippen molar-refractivity contribution in [2.45, 2.75) is 64.2 Å². The van der Waals surface area contributed by atoms with Crippen LogP contribution in [0.1, 0.15) is 57.1 Å². The van der Waals surface area contributed by atoms with E-state index in [1.54, 1.807) is 11.0 Å². The predicted molar refractivity (Wildman–Crippen MR) is 144 cm³/mol. The molecule has 1 unspecified atom stereocenters. The second kappa shape index (κ2) is 11.6. The Hall–Kier alpha value is -3.06. The molecule has 1 heterocycles. The molecule has 1 N–H and O–H groups in total. The maximum Gasteiger partial charge on any atom is 0.283 e. The van der Waals surface area contributed by atoms with Gasteiger partial charge in [-0.1, -0.05) is 61.4 Å². The Balaban J connectivity index is 1.62. The quantitative estimate of drug-likeness (QED) is 0.480. The van der Waals surface area contributed by atoms with E-state index in [1.165, 1.54) is 11.8 Å². The molecule has 2 aromatic rings. The van der Waals surface area contributed by atoms with Crippen LogP contribution in [0.3, 0.4) is 0 Å². The van der Waals surface area contributed by atoms with Gasteiger partial charge in [0, 0.05) is 6.04 Å². The number of nitrogens with one attached hydrogen (secondary N) is 1. The van der Waals surface area contributed by atoms with Crippen LogP contribution in [0.5, 0.6) is 5.75 Å². The molecule has 1 aliphatic heterocycles. The number of carbonyl (C=O) groups excluding carboxylic acids is 2. The monoisotopic (exact) mass is 491 g/mol. The molecule has 0 spiro atoms. The first-order chi connectivity index (χ1) is 17.0. The molecule has 2 amide bonds. The minimum absolute atomic E-state index is 0.0159. The lowest BCUT2D eigenvalue weighted by molar-refractivity contribution is -0.121. The van der Waals surface area contributed by atoms with Crippen molar-refractivity contribution in [3.63, 3.8) is 0 Å². The van der Waals surface area contributed by atoms with Crippen molar-refractivity contribution in [3.05, 3.63) is 65.4 Å². The van der Waals surface area contributed by atoms with Crippen LogP contribution in [0.25, 0.3) is 6.08 Å². The normalized spacial score (nSPS) is 18.1. The second-order valence-corrected chi connectivity index (χ2v) is 10.1. The number of hydrogen-bond donors (Lipinski definition) is 1. The Kier molecular flexibility index (Phi) is 8.29. The number of hydrogen-bond acceptors (Lipinski definition) is 5. The first kappa shape index (κ1) is 25.0. The van der Waals surface area contributed by atoms with Crippen molar-refractivity contribution in [2.75, 3.05) is 11.5 Å². The maximum absolute atomic E-state index is 13.5. The number of amidine groups is 1. The summed E-state index contributed by atoms with van der Waals surface area (Å²) in [5, 5.41) is 3.39. The minimum atomic E-state index is -0.328. The molecule has 1 fully saturated rings. The minimum Gasteiger partial charge on any atom is -0.494 e. The van der Waals surface area contributed by atoms with E-state index in [1.807, 2.05) is 69.3 Å². The molecular weight excluding hydrogens is 458 g/mol. The third-order valence-electron chi connectivity index (χ3n) is 6.23. The molecule has 0 aromatic heterocycles. The molecule has 0 radical (unpaired) electrons. The number of thioether (sulfide) groups is 1. The van der Waals surface area contributed by atoms with Crippen LogP contribution >= 0.6 is 11.8 Å². The lowest BCUT2D eigenvalue weighted by Crippen LogP contribution is -2.40.